The average Bonchev–Trinajstić information content (AvgIpc) is 3.21. The number of hydrogen-bond donors (Lipinski definition) is 1. The molecule has 0 bridgehead atoms. The number of nitrogens with one attached hydrogen (secondary N) is 1. The Hall–Kier alpha value is -3.80. The van der Waals surface area contributed by atoms with Crippen LogP contribution < -0.4 is 14.8 Å². The number of rotatable bonds is 11. The number of carbonyl (C=O) groups excluding carboxylic acids is 2. The molecule has 0 aromatic heterocycles. The molecule has 2 amide bonds. The third kappa shape index (κ3) is 5.83. The van der Waals surface area contributed by atoms with Crippen molar-refractivity contribution in [2.75, 3.05) is 19.8 Å². The second kappa shape index (κ2) is 11.6. The third-order valence-corrected chi connectivity index (χ3v) is 6.12. The second-order valence-corrected chi connectivity index (χ2v) is 8.48. The molecule has 0 unspecified atom stereocenters. The van der Waals surface area contributed by atoms with E-state index >= 15 is 0 Å². The number of carbonyl (C=O) groups is 2. The first kappa shape index (κ1) is 24.3. The van der Waals surface area contributed by atoms with Gasteiger partial charge in [-0.25, -0.2) is 0 Å². The number of fused-ring (bicyclic) bond motifs is 1. The zero-order chi connectivity index (χ0) is 24.6. The van der Waals surface area contributed by atoms with E-state index in [9.17, 15) is 9.59 Å². The van der Waals surface area contributed by atoms with Crippen LogP contribution >= 0.6 is 0 Å². The molecular formula is C29H32N2O4. The topological polar surface area (TPSA) is 67.9 Å². The summed E-state index contributed by atoms with van der Waals surface area (Å²) >= 11 is 0. The first-order valence-electron chi connectivity index (χ1n) is 12.2. The Morgan fingerprint density at radius 1 is 0.914 bits per heavy atom. The SMILES string of the molecule is CCOc1ccc(CCNC(=O)[C@@H](Cc2ccccc2)N2Cc3ccccc3C2=O)cc1OCC. The standard InChI is InChI=1S/C29H32N2O4/c1-3-34-26-15-14-22(19-27(26)35-4-2)16-17-30-28(32)25(18-21-10-6-5-7-11-21)31-20-23-12-8-9-13-24(23)29(31)33/h5-15,19,25H,3-4,16-18,20H2,1-2H3,(H,30,32)/t25-/m1/s1. The van der Waals surface area contributed by atoms with E-state index in [1.54, 1.807) is 4.90 Å². The number of amides is 2. The molecular weight excluding hydrogens is 440 g/mol. The molecule has 0 aliphatic carbocycles. The predicted octanol–water partition coefficient (Wildman–Crippen LogP) is 4.41. The molecule has 182 valence electrons. The molecule has 1 aliphatic rings. The molecule has 6 heteroatoms. The lowest BCUT2D eigenvalue weighted by Crippen LogP contribution is -2.48. The first-order chi connectivity index (χ1) is 17.1. The van der Waals surface area contributed by atoms with Crippen molar-refractivity contribution >= 4 is 11.8 Å². The average molecular weight is 473 g/mol. The van der Waals surface area contributed by atoms with E-state index in [0.717, 1.165) is 22.4 Å². The van der Waals surface area contributed by atoms with Crippen molar-refractivity contribution in [2.45, 2.75) is 39.3 Å². The molecule has 0 spiro atoms. The summed E-state index contributed by atoms with van der Waals surface area (Å²) in [6.45, 7) is 5.89. The van der Waals surface area contributed by atoms with Gasteiger partial charge in [0.25, 0.3) is 5.91 Å². The molecule has 3 aromatic rings. The van der Waals surface area contributed by atoms with Crippen molar-refractivity contribution < 1.29 is 19.1 Å². The summed E-state index contributed by atoms with van der Waals surface area (Å²) in [6, 6.07) is 22.7. The highest BCUT2D eigenvalue weighted by Gasteiger charge is 2.36. The highest BCUT2D eigenvalue weighted by molar-refractivity contribution is 6.01. The fourth-order valence-electron chi connectivity index (χ4n) is 4.41. The van der Waals surface area contributed by atoms with Crippen LogP contribution in [0.5, 0.6) is 11.5 Å². The highest BCUT2D eigenvalue weighted by atomic mass is 16.5. The molecule has 4 rings (SSSR count). The number of nitrogens with zero attached hydrogens (tertiary/aromatic N) is 1. The van der Waals surface area contributed by atoms with Gasteiger partial charge >= 0.3 is 0 Å². The van der Waals surface area contributed by atoms with E-state index in [1.807, 2.05) is 86.6 Å². The van der Waals surface area contributed by atoms with Crippen LogP contribution in [0.25, 0.3) is 0 Å². The van der Waals surface area contributed by atoms with Crippen molar-refractivity contribution in [2.24, 2.45) is 0 Å². The Bertz CT molecular complexity index is 1160. The Balaban J connectivity index is 1.45. The Morgan fingerprint density at radius 3 is 2.37 bits per heavy atom. The summed E-state index contributed by atoms with van der Waals surface area (Å²) in [5.74, 6) is 1.19. The largest absolute Gasteiger partial charge is 0.490 e. The lowest BCUT2D eigenvalue weighted by atomic mass is 10.0. The van der Waals surface area contributed by atoms with E-state index in [2.05, 4.69) is 5.32 Å². The maximum absolute atomic E-state index is 13.4. The fourth-order valence-corrected chi connectivity index (χ4v) is 4.41. The Labute approximate surface area is 206 Å². The van der Waals surface area contributed by atoms with Crippen LogP contribution in [0.4, 0.5) is 0 Å². The Kier molecular flexibility index (Phi) is 8.03. The van der Waals surface area contributed by atoms with Gasteiger partial charge in [0.15, 0.2) is 11.5 Å². The highest BCUT2D eigenvalue weighted by Crippen LogP contribution is 2.29. The van der Waals surface area contributed by atoms with Gasteiger partial charge in [0, 0.05) is 25.1 Å². The van der Waals surface area contributed by atoms with Gasteiger partial charge in [-0.15, -0.1) is 0 Å². The molecule has 6 nitrogen and oxygen atoms in total. The number of ether oxygens (including phenoxy) is 2. The van der Waals surface area contributed by atoms with Crippen LogP contribution in [-0.2, 0) is 24.2 Å². The zero-order valence-corrected chi connectivity index (χ0v) is 20.3. The van der Waals surface area contributed by atoms with Gasteiger partial charge in [-0.05, 0) is 55.2 Å². The van der Waals surface area contributed by atoms with Crippen molar-refractivity contribution in [1.82, 2.24) is 10.2 Å². The smallest absolute Gasteiger partial charge is 0.255 e. The van der Waals surface area contributed by atoms with Crippen LogP contribution in [-0.4, -0.2) is 42.5 Å². The maximum atomic E-state index is 13.4. The number of benzene rings is 3. The lowest BCUT2D eigenvalue weighted by Gasteiger charge is -2.27. The van der Waals surface area contributed by atoms with E-state index in [0.29, 0.717) is 50.5 Å². The van der Waals surface area contributed by atoms with Crippen LogP contribution in [0, 0.1) is 0 Å². The molecule has 1 atom stereocenters. The summed E-state index contributed by atoms with van der Waals surface area (Å²) in [6.07, 6.45) is 1.11. The molecule has 0 radical (unpaired) electrons. The monoisotopic (exact) mass is 472 g/mol. The summed E-state index contributed by atoms with van der Waals surface area (Å²) in [5.41, 5.74) is 3.70. The van der Waals surface area contributed by atoms with E-state index in [-0.39, 0.29) is 11.8 Å². The fraction of sp³-hybridized carbons (Fsp3) is 0.310. The minimum atomic E-state index is -0.586. The van der Waals surface area contributed by atoms with Gasteiger partial charge in [-0.2, -0.15) is 0 Å². The zero-order valence-electron chi connectivity index (χ0n) is 20.3. The van der Waals surface area contributed by atoms with Crippen LogP contribution in [0.15, 0.2) is 72.8 Å². The minimum absolute atomic E-state index is 0.0930. The van der Waals surface area contributed by atoms with E-state index < -0.39 is 6.04 Å². The normalized spacial score (nSPS) is 13.3. The molecule has 35 heavy (non-hydrogen) atoms. The van der Waals surface area contributed by atoms with Gasteiger partial charge in [-0.1, -0.05) is 54.6 Å². The first-order valence-corrected chi connectivity index (χ1v) is 12.2. The van der Waals surface area contributed by atoms with Crippen molar-refractivity contribution in [3.8, 4) is 11.5 Å². The summed E-state index contributed by atoms with van der Waals surface area (Å²) in [5, 5.41) is 3.06. The molecule has 1 N–H and O–H groups in total. The molecule has 1 heterocycles. The summed E-state index contributed by atoms with van der Waals surface area (Å²) in [7, 11) is 0. The lowest BCUT2D eigenvalue weighted by molar-refractivity contribution is -0.125. The second-order valence-electron chi connectivity index (χ2n) is 8.48. The van der Waals surface area contributed by atoms with Gasteiger partial charge in [0.05, 0.1) is 13.2 Å². The molecule has 3 aromatic carbocycles. The van der Waals surface area contributed by atoms with Crippen molar-refractivity contribution in [3.63, 3.8) is 0 Å². The van der Waals surface area contributed by atoms with Gasteiger partial charge in [0.2, 0.25) is 5.91 Å². The van der Waals surface area contributed by atoms with Crippen LogP contribution in [0.3, 0.4) is 0 Å². The van der Waals surface area contributed by atoms with Crippen molar-refractivity contribution in [1.29, 1.82) is 0 Å². The molecule has 0 fully saturated rings. The van der Waals surface area contributed by atoms with E-state index in [4.69, 9.17) is 9.47 Å². The molecule has 0 saturated carbocycles. The van der Waals surface area contributed by atoms with Gasteiger partial charge < -0.3 is 19.7 Å². The Morgan fingerprint density at radius 2 is 1.63 bits per heavy atom. The predicted molar refractivity (Wildman–Crippen MR) is 136 cm³/mol. The van der Waals surface area contributed by atoms with Gasteiger partial charge in [-0.3, -0.25) is 9.59 Å². The van der Waals surface area contributed by atoms with Gasteiger partial charge in [0.1, 0.15) is 6.04 Å². The van der Waals surface area contributed by atoms with Crippen molar-refractivity contribution in [3.05, 3.63) is 95.1 Å². The quantitative estimate of drug-likeness (QED) is 0.449. The summed E-state index contributed by atoms with van der Waals surface area (Å²) < 4.78 is 11.4. The number of hydrogen-bond acceptors (Lipinski definition) is 4. The third-order valence-electron chi connectivity index (χ3n) is 6.12. The maximum Gasteiger partial charge on any atom is 0.255 e. The molecule has 1 aliphatic heterocycles. The van der Waals surface area contributed by atoms with Crippen LogP contribution in [0.2, 0.25) is 0 Å². The summed E-state index contributed by atoms with van der Waals surface area (Å²) in [4.78, 5) is 28.2. The minimum Gasteiger partial charge on any atom is -0.490 e. The van der Waals surface area contributed by atoms with E-state index in [1.165, 1.54) is 0 Å². The van der Waals surface area contributed by atoms with Crippen LogP contribution in [0.1, 0.15) is 40.9 Å². The molecule has 0 saturated heterocycles.